The minimum absolute atomic E-state index is 0.0420. The molecule has 0 aromatic carbocycles. The van der Waals surface area contributed by atoms with E-state index in [-0.39, 0.29) is 24.1 Å². The van der Waals surface area contributed by atoms with Crippen molar-refractivity contribution in [3.63, 3.8) is 0 Å². The minimum atomic E-state index is -0.859. The SMILES string of the molecule is Cc1cnoc1C(=O)N1CC(C)C(C(=O)O)C1. The maximum absolute atomic E-state index is 12.0. The Balaban J connectivity index is 2.13. The lowest BCUT2D eigenvalue weighted by Gasteiger charge is -2.13. The minimum Gasteiger partial charge on any atom is -0.481 e. The van der Waals surface area contributed by atoms with Crippen molar-refractivity contribution >= 4 is 11.9 Å². The Labute approximate surface area is 98.2 Å². The fourth-order valence-corrected chi connectivity index (χ4v) is 2.09. The molecule has 6 nitrogen and oxygen atoms in total. The van der Waals surface area contributed by atoms with E-state index < -0.39 is 11.9 Å². The molecule has 1 aliphatic heterocycles. The zero-order valence-corrected chi connectivity index (χ0v) is 9.71. The van der Waals surface area contributed by atoms with Gasteiger partial charge in [-0.2, -0.15) is 0 Å². The fraction of sp³-hybridized carbons (Fsp3) is 0.545. The van der Waals surface area contributed by atoms with Gasteiger partial charge in [-0.25, -0.2) is 0 Å². The molecule has 2 rings (SSSR count). The first-order chi connectivity index (χ1) is 8.00. The number of aryl methyl sites for hydroxylation is 1. The van der Waals surface area contributed by atoms with Gasteiger partial charge in [0.05, 0.1) is 12.1 Å². The Hall–Kier alpha value is -1.85. The largest absolute Gasteiger partial charge is 0.481 e. The van der Waals surface area contributed by atoms with Gasteiger partial charge in [-0.3, -0.25) is 9.59 Å². The number of carbonyl (C=O) groups is 2. The number of amides is 1. The van der Waals surface area contributed by atoms with E-state index in [0.29, 0.717) is 12.1 Å². The Kier molecular flexibility index (Phi) is 2.87. The third-order valence-electron chi connectivity index (χ3n) is 3.16. The molecule has 1 aliphatic rings. The van der Waals surface area contributed by atoms with Crippen molar-refractivity contribution in [2.24, 2.45) is 11.8 Å². The fourth-order valence-electron chi connectivity index (χ4n) is 2.09. The van der Waals surface area contributed by atoms with E-state index in [2.05, 4.69) is 5.16 Å². The summed E-state index contributed by atoms with van der Waals surface area (Å²) in [5, 5.41) is 12.5. The zero-order valence-electron chi connectivity index (χ0n) is 9.71. The lowest BCUT2D eigenvalue weighted by atomic mass is 9.99. The number of nitrogens with zero attached hydrogens (tertiary/aromatic N) is 2. The van der Waals surface area contributed by atoms with E-state index >= 15 is 0 Å². The maximum atomic E-state index is 12.0. The van der Waals surface area contributed by atoms with E-state index in [9.17, 15) is 9.59 Å². The normalized spacial score (nSPS) is 24.0. The average molecular weight is 238 g/mol. The summed E-state index contributed by atoms with van der Waals surface area (Å²) in [5.74, 6) is -1.48. The monoisotopic (exact) mass is 238 g/mol. The number of rotatable bonds is 2. The molecule has 1 amide bonds. The third kappa shape index (κ3) is 2.02. The van der Waals surface area contributed by atoms with Crippen LogP contribution in [0.1, 0.15) is 23.0 Å². The van der Waals surface area contributed by atoms with E-state index in [0.717, 1.165) is 0 Å². The molecule has 1 aromatic rings. The van der Waals surface area contributed by atoms with Crippen LogP contribution in [0.25, 0.3) is 0 Å². The number of hydrogen-bond acceptors (Lipinski definition) is 4. The predicted molar refractivity (Wildman–Crippen MR) is 57.4 cm³/mol. The van der Waals surface area contributed by atoms with E-state index in [1.165, 1.54) is 11.1 Å². The van der Waals surface area contributed by atoms with Crippen molar-refractivity contribution in [2.75, 3.05) is 13.1 Å². The van der Waals surface area contributed by atoms with Gasteiger partial charge in [0, 0.05) is 18.7 Å². The van der Waals surface area contributed by atoms with Crippen LogP contribution in [0.15, 0.2) is 10.7 Å². The van der Waals surface area contributed by atoms with Gasteiger partial charge in [0.1, 0.15) is 0 Å². The molecule has 6 heteroatoms. The first-order valence-corrected chi connectivity index (χ1v) is 5.44. The van der Waals surface area contributed by atoms with Crippen molar-refractivity contribution in [3.05, 3.63) is 17.5 Å². The molecule has 2 unspecified atom stereocenters. The molecule has 0 radical (unpaired) electrons. The number of hydrogen-bond donors (Lipinski definition) is 1. The van der Waals surface area contributed by atoms with E-state index in [4.69, 9.17) is 9.63 Å². The summed E-state index contributed by atoms with van der Waals surface area (Å²) >= 11 is 0. The molecule has 0 aliphatic carbocycles. The van der Waals surface area contributed by atoms with Crippen LogP contribution in [0.2, 0.25) is 0 Å². The van der Waals surface area contributed by atoms with Gasteiger partial charge in [-0.1, -0.05) is 12.1 Å². The third-order valence-corrected chi connectivity index (χ3v) is 3.16. The van der Waals surface area contributed by atoms with Gasteiger partial charge in [-0.05, 0) is 12.8 Å². The second kappa shape index (κ2) is 4.20. The summed E-state index contributed by atoms with van der Waals surface area (Å²) in [6, 6.07) is 0. The van der Waals surface area contributed by atoms with Crippen molar-refractivity contribution in [2.45, 2.75) is 13.8 Å². The summed E-state index contributed by atoms with van der Waals surface area (Å²) in [7, 11) is 0. The van der Waals surface area contributed by atoms with Gasteiger partial charge in [0.15, 0.2) is 0 Å². The highest BCUT2D eigenvalue weighted by Crippen LogP contribution is 2.25. The number of carboxylic acid groups (broad SMARTS) is 1. The van der Waals surface area contributed by atoms with Crippen LogP contribution in [0, 0.1) is 18.8 Å². The molecule has 1 N–H and O–H groups in total. The number of carboxylic acids is 1. The molecule has 1 fully saturated rings. The Morgan fingerprint density at radius 3 is 2.71 bits per heavy atom. The van der Waals surface area contributed by atoms with E-state index in [1.807, 2.05) is 6.92 Å². The maximum Gasteiger partial charge on any atom is 0.308 e. The van der Waals surface area contributed by atoms with Crippen molar-refractivity contribution in [1.82, 2.24) is 10.1 Å². The average Bonchev–Trinajstić information content (AvgIpc) is 2.83. The van der Waals surface area contributed by atoms with Crippen molar-refractivity contribution in [1.29, 1.82) is 0 Å². The molecule has 2 heterocycles. The smallest absolute Gasteiger partial charge is 0.308 e. The quantitative estimate of drug-likeness (QED) is 0.822. The lowest BCUT2D eigenvalue weighted by Crippen LogP contribution is -2.30. The lowest BCUT2D eigenvalue weighted by molar-refractivity contribution is -0.142. The Morgan fingerprint density at radius 1 is 1.53 bits per heavy atom. The van der Waals surface area contributed by atoms with Crippen LogP contribution in [0.5, 0.6) is 0 Å². The molecule has 92 valence electrons. The van der Waals surface area contributed by atoms with Gasteiger partial charge >= 0.3 is 5.97 Å². The topological polar surface area (TPSA) is 83.6 Å². The molecule has 2 atom stereocenters. The highest BCUT2D eigenvalue weighted by molar-refractivity contribution is 5.93. The second-order valence-electron chi connectivity index (χ2n) is 4.47. The summed E-state index contributed by atoms with van der Waals surface area (Å²) < 4.78 is 4.88. The highest BCUT2D eigenvalue weighted by Gasteiger charge is 2.38. The zero-order chi connectivity index (χ0) is 12.6. The summed E-state index contributed by atoms with van der Waals surface area (Å²) in [4.78, 5) is 24.5. The number of aromatic nitrogens is 1. The molecular weight excluding hydrogens is 224 g/mol. The van der Waals surface area contributed by atoms with Crippen molar-refractivity contribution < 1.29 is 19.2 Å². The Bertz CT molecular complexity index is 454. The highest BCUT2D eigenvalue weighted by atomic mass is 16.5. The number of aliphatic carboxylic acids is 1. The van der Waals surface area contributed by atoms with Crippen LogP contribution < -0.4 is 0 Å². The second-order valence-corrected chi connectivity index (χ2v) is 4.47. The molecule has 0 bridgehead atoms. The van der Waals surface area contributed by atoms with Crippen LogP contribution in [-0.4, -0.2) is 40.1 Å². The summed E-state index contributed by atoms with van der Waals surface area (Å²) in [5.41, 5.74) is 0.668. The molecule has 1 aromatic heterocycles. The molecule has 0 saturated carbocycles. The van der Waals surface area contributed by atoms with Crippen LogP contribution in [0.3, 0.4) is 0 Å². The number of carbonyl (C=O) groups excluding carboxylic acids is 1. The van der Waals surface area contributed by atoms with Crippen molar-refractivity contribution in [3.8, 4) is 0 Å². The van der Waals surface area contributed by atoms with Gasteiger partial charge in [0.2, 0.25) is 5.76 Å². The molecule has 17 heavy (non-hydrogen) atoms. The number of likely N-dealkylation sites (tertiary alicyclic amines) is 1. The standard InChI is InChI=1S/C11H14N2O4/c1-6-3-12-17-9(6)10(14)13-4-7(2)8(5-13)11(15)16/h3,7-8H,4-5H2,1-2H3,(H,15,16). The van der Waals surface area contributed by atoms with Gasteiger partial charge < -0.3 is 14.5 Å². The molecular formula is C11H14N2O4. The first kappa shape index (κ1) is 11.6. The van der Waals surface area contributed by atoms with Crippen LogP contribution >= 0.6 is 0 Å². The molecule has 1 saturated heterocycles. The Morgan fingerprint density at radius 2 is 2.24 bits per heavy atom. The van der Waals surface area contributed by atoms with Gasteiger partial charge in [-0.15, -0.1) is 0 Å². The van der Waals surface area contributed by atoms with Gasteiger partial charge in [0.25, 0.3) is 5.91 Å². The van der Waals surface area contributed by atoms with Crippen LogP contribution in [0.4, 0.5) is 0 Å². The summed E-state index contributed by atoms with van der Waals surface area (Å²) in [6.07, 6.45) is 1.47. The molecule has 0 spiro atoms. The summed E-state index contributed by atoms with van der Waals surface area (Å²) in [6.45, 7) is 4.24. The predicted octanol–water partition coefficient (Wildman–Crippen LogP) is 0.776. The van der Waals surface area contributed by atoms with Crippen LogP contribution in [-0.2, 0) is 4.79 Å². The van der Waals surface area contributed by atoms with E-state index in [1.54, 1.807) is 6.92 Å². The first-order valence-electron chi connectivity index (χ1n) is 5.44.